The quantitative estimate of drug-likeness (QED) is 0.699. The topological polar surface area (TPSA) is 93.3 Å². The summed E-state index contributed by atoms with van der Waals surface area (Å²) in [5.41, 5.74) is 0.914. The van der Waals surface area contributed by atoms with Crippen molar-refractivity contribution in [1.82, 2.24) is 9.88 Å². The van der Waals surface area contributed by atoms with E-state index in [1.165, 1.54) is 0 Å². The second-order valence-electron chi connectivity index (χ2n) is 8.36. The number of halogens is 1. The highest BCUT2D eigenvalue weighted by molar-refractivity contribution is 6.30. The first-order valence-electron chi connectivity index (χ1n) is 9.44. The Morgan fingerprint density at radius 2 is 1.86 bits per heavy atom. The molecule has 0 N–H and O–H groups in total. The molecule has 7 nitrogen and oxygen atoms in total. The van der Waals surface area contributed by atoms with E-state index in [1.54, 1.807) is 4.90 Å². The van der Waals surface area contributed by atoms with Crippen LogP contribution in [0.2, 0.25) is 5.15 Å². The number of carbonyl (C=O) groups excluding carboxylic acids is 1. The summed E-state index contributed by atoms with van der Waals surface area (Å²) in [6.45, 7) is 8.94. The maximum Gasteiger partial charge on any atom is 0.410 e. The summed E-state index contributed by atoms with van der Waals surface area (Å²) in [4.78, 5) is 20.5. The lowest BCUT2D eigenvalue weighted by Gasteiger charge is -2.41. The van der Waals surface area contributed by atoms with E-state index in [2.05, 4.69) is 17.1 Å². The van der Waals surface area contributed by atoms with Gasteiger partial charge in [0.2, 0.25) is 0 Å². The second kappa shape index (κ2) is 7.48. The normalized spacial score (nSPS) is 19.8. The van der Waals surface area contributed by atoms with Crippen molar-refractivity contribution in [3.8, 4) is 12.1 Å². The van der Waals surface area contributed by atoms with E-state index >= 15 is 0 Å². The predicted molar refractivity (Wildman–Crippen MR) is 105 cm³/mol. The predicted octanol–water partition coefficient (Wildman–Crippen LogP) is 3.80. The standard InChI is InChI=1S/C20H24ClN5O2/c1-12-11-25(7-8-26(12)19(27)28-20(2,3)4)18-15(10-23)16(13-5-6-13)14(9-22)17(21)24-18/h12-13H,5-8,11H2,1-4H3. The Morgan fingerprint density at radius 1 is 1.21 bits per heavy atom. The van der Waals surface area contributed by atoms with E-state index in [0.29, 0.717) is 36.6 Å². The molecule has 8 heteroatoms. The molecule has 1 atom stereocenters. The van der Waals surface area contributed by atoms with Crippen LogP contribution in [0.5, 0.6) is 0 Å². The number of ether oxygens (including phenoxy) is 1. The minimum absolute atomic E-state index is 0.115. The van der Waals surface area contributed by atoms with E-state index in [9.17, 15) is 15.3 Å². The Balaban J connectivity index is 1.87. The van der Waals surface area contributed by atoms with Crippen molar-refractivity contribution in [2.24, 2.45) is 0 Å². The van der Waals surface area contributed by atoms with E-state index < -0.39 is 5.60 Å². The number of rotatable bonds is 2. The molecule has 2 aliphatic rings. The lowest BCUT2D eigenvalue weighted by molar-refractivity contribution is 0.0158. The van der Waals surface area contributed by atoms with Crippen molar-refractivity contribution >= 4 is 23.5 Å². The first-order chi connectivity index (χ1) is 13.2. The van der Waals surface area contributed by atoms with Gasteiger partial charge in [0.05, 0.1) is 11.1 Å². The fraction of sp³-hybridized carbons (Fsp3) is 0.600. The number of pyridine rings is 1. The van der Waals surface area contributed by atoms with Crippen LogP contribution in [0.15, 0.2) is 0 Å². The number of aromatic nitrogens is 1. The number of piperazine rings is 1. The number of carbonyl (C=O) groups is 1. The van der Waals surface area contributed by atoms with Gasteiger partial charge in [-0.15, -0.1) is 0 Å². The summed E-state index contributed by atoms with van der Waals surface area (Å²) in [6, 6.07) is 4.24. The number of amides is 1. The fourth-order valence-electron chi connectivity index (χ4n) is 3.53. The van der Waals surface area contributed by atoms with Gasteiger partial charge in [-0.25, -0.2) is 9.78 Å². The Morgan fingerprint density at radius 3 is 2.36 bits per heavy atom. The van der Waals surface area contributed by atoms with Crippen molar-refractivity contribution in [2.45, 2.75) is 58.1 Å². The molecule has 0 radical (unpaired) electrons. The summed E-state index contributed by atoms with van der Waals surface area (Å²) < 4.78 is 5.49. The van der Waals surface area contributed by atoms with Gasteiger partial charge in [0.15, 0.2) is 0 Å². The molecule has 1 aromatic heterocycles. The monoisotopic (exact) mass is 401 g/mol. The molecule has 2 heterocycles. The number of nitriles is 2. The van der Waals surface area contributed by atoms with Crippen molar-refractivity contribution < 1.29 is 9.53 Å². The molecule has 1 aromatic rings. The molecule has 0 aromatic carbocycles. The maximum atomic E-state index is 12.4. The maximum absolute atomic E-state index is 12.4. The molecule has 148 valence electrons. The van der Waals surface area contributed by atoms with Crippen LogP contribution in [0.1, 0.15) is 63.1 Å². The highest BCUT2D eigenvalue weighted by atomic mass is 35.5. The van der Waals surface area contributed by atoms with Gasteiger partial charge in [0.1, 0.15) is 28.7 Å². The van der Waals surface area contributed by atoms with Crippen LogP contribution >= 0.6 is 11.6 Å². The van der Waals surface area contributed by atoms with Crippen molar-refractivity contribution in [3.63, 3.8) is 0 Å². The third-order valence-corrected chi connectivity index (χ3v) is 5.21. The Labute approximate surface area is 170 Å². The van der Waals surface area contributed by atoms with E-state index in [0.717, 1.165) is 18.4 Å². The molecule has 28 heavy (non-hydrogen) atoms. The van der Waals surface area contributed by atoms with Gasteiger partial charge in [-0.05, 0) is 52.0 Å². The lowest BCUT2D eigenvalue weighted by atomic mass is 9.99. The molecule has 1 aliphatic carbocycles. The molecular weight excluding hydrogens is 378 g/mol. The van der Waals surface area contributed by atoms with Crippen LogP contribution in [0.25, 0.3) is 0 Å². The van der Waals surface area contributed by atoms with E-state index in [-0.39, 0.29) is 23.2 Å². The molecule has 1 amide bonds. The van der Waals surface area contributed by atoms with Crippen LogP contribution in [0, 0.1) is 22.7 Å². The minimum atomic E-state index is -0.552. The summed E-state index contributed by atoms with van der Waals surface area (Å²) >= 11 is 6.29. The first-order valence-corrected chi connectivity index (χ1v) is 9.82. The Kier molecular flexibility index (Phi) is 5.41. The molecule has 1 saturated carbocycles. The van der Waals surface area contributed by atoms with Gasteiger partial charge in [-0.3, -0.25) is 0 Å². The van der Waals surface area contributed by atoms with Crippen LogP contribution in [0.4, 0.5) is 10.6 Å². The lowest BCUT2D eigenvalue weighted by Crippen LogP contribution is -2.55. The summed E-state index contributed by atoms with van der Waals surface area (Å²) in [5.74, 6) is 0.702. The van der Waals surface area contributed by atoms with Gasteiger partial charge in [-0.1, -0.05) is 11.6 Å². The van der Waals surface area contributed by atoms with Crippen LogP contribution in [0.3, 0.4) is 0 Å². The average molecular weight is 402 g/mol. The van der Waals surface area contributed by atoms with E-state index in [1.807, 2.05) is 32.6 Å². The minimum Gasteiger partial charge on any atom is -0.444 e. The molecule has 0 spiro atoms. The molecule has 0 bridgehead atoms. The van der Waals surface area contributed by atoms with Gasteiger partial charge in [-0.2, -0.15) is 10.5 Å². The third kappa shape index (κ3) is 4.00. The highest BCUT2D eigenvalue weighted by Crippen LogP contribution is 2.46. The van der Waals surface area contributed by atoms with Crippen molar-refractivity contribution in [2.75, 3.05) is 24.5 Å². The van der Waals surface area contributed by atoms with Crippen LogP contribution in [-0.2, 0) is 4.74 Å². The summed E-state index contributed by atoms with van der Waals surface area (Å²) in [5, 5.41) is 19.4. The van der Waals surface area contributed by atoms with Crippen molar-refractivity contribution in [3.05, 3.63) is 21.8 Å². The number of anilines is 1. The second-order valence-corrected chi connectivity index (χ2v) is 8.71. The molecule has 3 rings (SSSR count). The zero-order chi connectivity index (χ0) is 20.6. The SMILES string of the molecule is CC1CN(c2nc(Cl)c(C#N)c(C3CC3)c2C#N)CCN1C(=O)OC(C)(C)C. The summed E-state index contributed by atoms with van der Waals surface area (Å²) in [6.07, 6.45) is 1.56. The van der Waals surface area contributed by atoms with Gasteiger partial charge >= 0.3 is 6.09 Å². The number of hydrogen-bond acceptors (Lipinski definition) is 6. The fourth-order valence-corrected chi connectivity index (χ4v) is 3.75. The molecular formula is C20H24ClN5O2. The van der Waals surface area contributed by atoms with Gasteiger partial charge < -0.3 is 14.5 Å². The average Bonchev–Trinajstić information content (AvgIpc) is 3.43. The Bertz CT molecular complexity index is 877. The zero-order valence-electron chi connectivity index (χ0n) is 16.6. The zero-order valence-corrected chi connectivity index (χ0v) is 17.4. The first kappa shape index (κ1) is 20.2. The Hall–Kier alpha value is -2.51. The molecule has 1 unspecified atom stereocenters. The van der Waals surface area contributed by atoms with Crippen LogP contribution < -0.4 is 4.90 Å². The smallest absolute Gasteiger partial charge is 0.410 e. The van der Waals surface area contributed by atoms with E-state index in [4.69, 9.17) is 16.3 Å². The molecule has 2 fully saturated rings. The highest BCUT2D eigenvalue weighted by Gasteiger charge is 2.36. The number of hydrogen-bond donors (Lipinski definition) is 0. The third-order valence-electron chi connectivity index (χ3n) is 4.94. The van der Waals surface area contributed by atoms with Gasteiger partial charge in [0.25, 0.3) is 0 Å². The van der Waals surface area contributed by atoms with Crippen molar-refractivity contribution in [1.29, 1.82) is 10.5 Å². The summed E-state index contributed by atoms with van der Waals surface area (Å²) in [7, 11) is 0. The molecule has 1 saturated heterocycles. The van der Waals surface area contributed by atoms with Gasteiger partial charge in [0, 0.05) is 25.7 Å². The largest absolute Gasteiger partial charge is 0.444 e. The molecule has 1 aliphatic heterocycles. The number of nitrogens with zero attached hydrogens (tertiary/aromatic N) is 5. The van der Waals surface area contributed by atoms with Crippen LogP contribution in [-0.4, -0.2) is 47.3 Å².